The second-order valence-corrected chi connectivity index (χ2v) is 10.7. The first-order chi connectivity index (χ1) is 15.7. The lowest BCUT2D eigenvalue weighted by molar-refractivity contribution is 0.0696. The van der Waals surface area contributed by atoms with Crippen molar-refractivity contribution in [2.75, 3.05) is 35.8 Å². The molecule has 0 spiro atoms. The Kier molecular flexibility index (Phi) is 6.90. The van der Waals surface area contributed by atoms with Gasteiger partial charge in [0.2, 0.25) is 0 Å². The lowest BCUT2D eigenvalue weighted by Crippen LogP contribution is -2.47. The number of aryl methyl sites for hydroxylation is 2. The maximum Gasteiger partial charge on any atom is 0.337 e. The van der Waals surface area contributed by atoms with Gasteiger partial charge in [-0.1, -0.05) is 24.1 Å². The van der Waals surface area contributed by atoms with Crippen LogP contribution in [0.5, 0.6) is 0 Å². The fourth-order valence-electron chi connectivity index (χ4n) is 4.93. The number of carboxylic acids is 1. The lowest BCUT2D eigenvalue weighted by atomic mass is 10.00. The van der Waals surface area contributed by atoms with E-state index in [0.717, 1.165) is 44.6 Å². The summed E-state index contributed by atoms with van der Waals surface area (Å²) in [5.74, 6) is -0.671. The summed E-state index contributed by atoms with van der Waals surface area (Å²) in [4.78, 5) is 20.7. The summed E-state index contributed by atoms with van der Waals surface area (Å²) >= 11 is 0. The lowest BCUT2D eigenvalue weighted by Gasteiger charge is -2.40. The molecule has 33 heavy (non-hydrogen) atoms. The molecule has 1 aromatic heterocycles. The number of pyridine rings is 1. The fourth-order valence-corrected chi connectivity index (χ4v) is 6.21. The summed E-state index contributed by atoms with van der Waals surface area (Å²) in [6, 6.07) is 7.04. The molecule has 2 aromatic rings. The normalized spacial score (nSPS) is 18.3. The van der Waals surface area contributed by atoms with Crippen LogP contribution >= 0.6 is 0 Å². The number of piperidine rings is 2. The van der Waals surface area contributed by atoms with E-state index in [9.17, 15) is 18.3 Å². The van der Waals surface area contributed by atoms with Crippen molar-refractivity contribution in [1.29, 1.82) is 0 Å². The van der Waals surface area contributed by atoms with Gasteiger partial charge in [0.15, 0.2) is 5.82 Å². The van der Waals surface area contributed by atoms with Crippen molar-refractivity contribution < 1.29 is 18.3 Å². The summed E-state index contributed by atoms with van der Waals surface area (Å²) in [6.45, 7) is 7.45. The fraction of sp³-hybridized carbons (Fsp3) is 0.500. The molecule has 2 aliphatic rings. The molecule has 0 radical (unpaired) electrons. The van der Waals surface area contributed by atoms with Gasteiger partial charge in [0.05, 0.1) is 16.1 Å². The average Bonchev–Trinajstić information content (AvgIpc) is 2.79. The zero-order valence-electron chi connectivity index (χ0n) is 19.2. The molecule has 0 bridgehead atoms. The molecule has 8 nitrogen and oxygen atoms in total. The molecule has 0 aliphatic carbocycles. The molecule has 2 aliphatic heterocycles. The smallest absolute Gasteiger partial charge is 0.337 e. The molecule has 4 rings (SSSR count). The third kappa shape index (κ3) is 5.30. The summed E-state index contributed by atoms with van der Waals surface area (Å²) in [6.07, 6.45) is 7.06. The summed E-state index contributed by atoms with van der Waals surface area (Å²) in [5, 5.41) is 9.44. The number of aromatic carboxylic acids is 1. The van der Waals surface area contributed by atoms with Gasteiger partial charge in [-0.15, -0.1) is 0 Å². The van der Waals surface area contributed by atoms with Crippen molar-refractivity contribution in [1.82, 2.24) is 9.88 Å². The van der Waals surface area contributed by atoms with Gasteiger partial charge >= 0.3 is 5.97 Å². The Balaban J connectivity index is 1.58. The first kappa shape index (κ1) is 23.5. The average molecular weight is 473 g/mol. The molecule has 3 heterocycles. The third-order valence-corrected chi connectivity index (χ3v) is 8.17. The van der Waals surface area contributed by atoms with E-state index in [-0.39, 0.29) is 16.1 Å². The second-order valence-electron chi connectivity index (χ2n) is 9.09. The minimum Gasteiger partial charge on any atom is -0.478 e. The van der Waals surface area contributed by atoms with E-state index >= 15 is 0 Å². The van der Waals surface area contributed by atoms with Gasteiger partial charge in [-0.05, 0) is 70.3 Å². The van der Waals surface area contributed by atoms with E-state index in [1.54, 1.807) is 19.1 Å². The van der Waals surface area contributed by atoms with E-state index in [4.69, 9.17) is 0 Å². The van der Waals surface area contributed by atoms with E-state index in [1.807, 2.05) is 13.0 Å². The number of likely N-dealkylation sites (tertiary alicyclic amines) is 1. The highest BCUT2D eigenvalue weighted by atomic mass is 32.2. The predicted molar refractivity (Wildman–Crippen MR) is 129 cm³/mol. The number of aromatic nitrogens is 1. The van der Waals surface area contributed by atoms with Gasteiger partial charge < -0.3 is 14.9 Å². The summed E-state index contributed by atoms with van der Waals surface area (Å²) < 4.78 is 29.0. The van der Waals surface area contributed by atoms with Gasteiger partial charge in [0.25, 0.3) is 10.0 Å². The van der Waals surface area contributed by atoms with Crippen LogP contribution in [-0.4, -0.2) is 61.6 Å². The van der Waals surface area contributed by atoms with Crippen LogP contribution in [0, 0.1) is 13.8 Å². The van der Waals surface area contributed by atoms with Crippen LogP contribution in [0.25, 0.3) is 0 Å². The van der Waals surface area contributed by atoms with Gasteiger partial charge in [-0.25, -0.2) is 18.2 Å². The van der Waals surface area contributed by atoms with Crippen molar-refractivity contribution in [2.45, 2.75) is 56.9 Å². The monoisotopic (exact) mass is 472 g/mol. The van der Waals surface area contributed by atoms with Crippen LogP contribution in [0.2, 0.25) is 0 Å². The van der Waals surface area contributed by atoms with Gasteiger partial charge in [0.1, 0.15) is 0 Å². The Morgan fingerprint density at radius 1 is 1.06 bits per heavy atom. The highest BCUT2D eigenvalue weighted by Crippen LogP contribution is 2.31. The second kappa shape index (κ2) is 9.69. The van der Waals surface area contributed by atoms with Gasteiger partial charge in [-0.2, -0.15) is 0 Å². The molecular formula is C24H32N4O4S. The summed E-state index contributed by atoms with van der Waals surface area (Å²) in [5.41, 5.74) is 1.75. The highest BCUT2D eigenvalue weighted by Gasteiger charge is 2.28. The van der Waals surface area contributed by atoms with E-state index in [2.05, 4.69) is 19.5 Å². The van der Waals surface area contributed by atoms with Gasteiger partial charge in [0, 0.05) is 25.3 Å². The van der Waals surface area contributed by atoms with E-state index < -0.39 is 16.0 Å². The number of nitrogens with zero attached hydrogens (tertiary/aromatic N) is 3. The van der Waals surface area contributed by atoms with E-state index in [1.165, 1.54) is 31.5 Å². The molecule has 178 valence electrons. The first-order valence-electron chi connectivity index (χ1n) is 11.6. The molecule has 0 atom stereocenters. The Morgan fingerprint density at radius 3 is 2.39 bits per heavy atom. The Bertz CT molecular complexity index is 1120. The minimum atomic E-state index is -3.91. The largest absolute Gasteiger partial charge is 0.478 e. The molecule has 2 saturated heterocycles. The number of hydrogen-bond acceptors (Lipinski definition) is 6. The maximum absolute atomic E-state index is 13.2. The molecular weight excluding hydrogens is 440 g/mol. The Labute approximate surface area is 195 Å². The molecule has 2 N–H and O–H groups in total. The Hall–Kier alpha value is -2.65. The number of carboxylic acid groups (broad SMARTS) is 1. The number of carbonyl (C=O) groups is 1. The third-order valence-electron chi connectivity index (χ3n) is 6.65. The Morgan fingerprint density at radius 2 is 1.76 bits per heavy atom. The number of hydrogen-bond donors (Lipinski definition) is 2. The van der Waals surface area contributed by atoms with Crippen molar-refractivity contribution >= 4 is 27.5 Å². The van der Waals surface area contributed by atoms with Crippen molar-refractivity contribution in [3.05, 3.63) is 47.2 Å². The molecule has 0 saturated carbocycles. The quantitative estimate of drug-likeness (QED) is 0.661. The topological polar surface area (TPSA) is 103 Å². The molecule has 2 fully saturated rings. The minimum absolute atomic E-state index is 0.0553. The number of rotatable bonds is 6. The van der Waals surface area contributed by atoms with Crippen LogP contribution in [-0.2, 0) is 10.0 Å². The SMILES string of the molecule is Cc1ccc(S(=O)(=O)Nc2cc(C(=O)O)cnc2N2CCC(N3CCCCC3)CC2)c(C)c1. The standard InChI is InChI=1S/C24H32N4O4S/c1-17-6-7-22(18(2)14-17)33(31,32)26-21-15-19(24(29)30)16-25-23(21)28-12-8-20(9-13-28)27-10-4-3-5-11-27/h6-7,14-16,20,26H,3-5,8-13H2,1-2H3,(H,29,30). The summed E-state index contributed by atoms with van der Waals surface area (Å²) in [7, 11) is -3.91. The predicted octanol–water partition coefficient (Wildman–Crippen LogP) is 3.65. The van der Waals surface area contributed by atoms with Crippen LogP contribution in [0.3, 0.4) is 0 Å². The first-order valence-corrected chi connectivity index (χ1v) is 13.1. The molecule has 0 amide bonds. The van der Waals surface area contributed by atoms with E-state index in [0.29, 0.717) is 17.4 Å². The number of anilines is 2. The zero-order valence-corrected chi connectivity index (χ0v) is 20.1. The maximum atomic E-state index is 13.2. The molecule has 9 heteroatoms. The number of benzene rings is 1. The van der Waals surface area contributed by atoms with Crippen LogP contribution in [0.1, 0.15) is 53.6 Å². The molecule has 1 aromatic carbocycles. The molecule has 0 unspecified atom stereocenters. The van der Waals surface area contributed by atoms with Crippen molar-refractivity contribution in [2.24, 2.45) is 0 Å². The number of sulfonamides is 1. The number of nitrogens with one attached hydrogen (secondary N) is 1. The van der Waals surface area contributed by atoms with Crippen LogP contribution < -0.4 is 9.62 Å². The highest BCUT2D eigenvalue weighted by molar-refractivity contribution is 7.92. The van der Waals surface area contributed by atoms with Gasteiger partial charge in [-0.3, -0.25) is 4.72 Å². The van der Waals surface area contributed by atoms with Crippen LogP contribution in [0.15, 0.2) is 35.4 Å². The van der Waals surface area contributed by atoms with Crippen molar-refractivity contribution in [3.8, 4) is 0 Å². The van der Waals surface area contributed by atoms with Crippen LogP contribution in [0.4, 0.5) is 11.5 Å². The zero-order chi connectivity index (χ0) is 23.6. The van der Waals surface area contributed by atoms with Crippen molar-refractivity contribution in [3.63, 3.8) is 0 Å².